The van der Waals surface area contributed by atoms with Crippen LogP contribution in [0.25, 0.3) is 11.1 Å². The van der Waals surface area contributed by atoms with E-state index in [2.05, 4.69) is 68.6 Å². The molecule has 1 atom stereocenters. The van der Waals surface area contributed by atoms with E-state index in [1.165, 1.54) is 27.8 Å². The first kappa shape index (κ1) is 15.8. The van der Waals surface area contributed by atoms with E-state index in [9.17, 15) is 0 Å². The van der Waals surface area contributed by atoms with Crippen LogP contribution in [0.3, 0.4) is 0 Å². The lowest BCUT2D eigenvalue weighted by atomic mass is 9.95. The molecule has 2 aromatic carbocycles. The van der Waals surface area contributed by atoms with E-state index >= 15 is 0 Å². The first-order valence-electron chi connectivity index (χ1n) is 8.06. The predicted octanol–water partition coefficient (Wildman–Crippen LogP) is 4.63. The van der Waals surface area contributed by atoms with Crippen LogP contribution in [-0.2, 0) is 19.3 Å². The molecular weight excluding hydrogens is 254 g/mol. The van der Waals surface area contributed by atoms with E-state index in [4.69, 9.17) is 0 Å². The maximum absolute atomic E-state index is 3.29. The molecule has 0 radical (unpaired) electrons. The minimum Gasteiger partial charge on any atom is -0.317 e. The van der Waals surface area contributed by atoms with Gasteiger partial charge < -0.3 is 5.32 Å². The summed E-state index contributed by atoms with van der Waals surface area (Å²) in [5.74, 6) is 0. The summed E-state index contributed by atoms with van der Waals surface area (Å²) in [5, 5.41) is 3.29. The Morgan fingerprint density at radius 3 is 2.05 bits per heavy atom. The molecule has 0 amide bonds. The van der Waals surface area contributed by atoms with Crippen molar-refractivity contribution < 1.29 is 0 Å². The Kier molecular flexibility index (Phi) is 5.58. The van der Waals surface area contributed by atoms with E-state index in [0.717, 1.165) is 19.3 Å². The van der Waals surface area contributed by atoms with E-state index in [1.807, 2.05) is 7.05 Å². The average Bonchev–Trinajstić information content (AvgIpc) is 2.54. The van der Waals surface area contributed by atoms with E-state index in [1.54, 1.807) is 0 Å². The van der Waals surface area contributed by atoms with Crippen molar-refractivity contribution in [3.63, 3.8) is 0 Å². The summed E-state index contributed by atoms with van der Waals surface area (Å²) in [6.45, 7) is 6.68. The summed E-state index contributed by atoms with van der Waals surface area (Å²) < 4.78 is 0. The van der Waals surface area contributed by atoms with Gasteiger partial charge in [-0.2, -0.15) is 0 Å². The number of hydrogen-bond donors (Lipinski definition) is 1. The average molecular weight is 281 g/mol. The normalized spacial score (nSPS) is 12.4. The molecule has 0 aliphatic heterocycles. The highest BCUT2D eigenvalue weighted by Gasteiger charge is 2.04. The van der Waals surface area contributed by atoms with Crippen LogP contribution in [0.4, 0.5) is 0 Å². The van der Waals surface area contributed by atoms with Crippen molar-refractivity contribution >= 4 is 0 Å². The van der Waals surface area contributed by atoms with Crippen LogP contribution in [0, 0.1) is 0 Å². The van der Waals surface area contributed by atoms with Crippen molar-refractivity contribution in [2.75, 3.05) is 7.05 Å². The quantitative estimate of drug-likeness (QED) is 0.814. The van der Waals surface area contributed by atoms with Crippen molar-refractivity contribution in [3.8, 4) is 11.1 Å². The maximum atomic E-state index is 3.29. The minimum atomic E-state index is 0.520. The Balaban J connectivity index is 2.22. The summed E-state index contributed by atoms with van der Waals surface area (Å²) in [4.78, 5) is 0. The van der Waals surface area contributed by atoms with Crippen LogP contribution in [0.2, 0.25) is 0 Å². The Labute approximate surface area is 129 Å². The lowest BCUT2D eigenvalue weighted by Crippen LogP contribution is -2.23. The third-order valence-electron chi connectivity index (χ3n) is 4.29. The van der Waals surface area contributed by atoms with Crippen LogP contribution in [0.5, 0.6) is 0 Å². The Morgan fingerprint density at radius 2 is 1.48 bits per heavy atom. The van der Waals surface area contributed by atoms with Gasteiger partial charge in [-0.05, 0) is 61.1 Å². The van der Waals surface area contributed by atoms with Crippen molar-refractivity contribution in [2.45, 2.75) is 46.1 Å². The van der Waals surface area contributed by atoms with Gasteiger partial charge in [-0.25, -0.2) is 0 Å². The lowest BCUT2D eigenvalue weighted by molar-refractivity contribution is 0.608. The van der Waals surface area contributed by atoms with Gasteiger partial charge in [0.05, 0.1) is 0 Å². The number of rotatable bonds is 6. The molecule has 1 unspecified atom stereocenters. The second kappa shape index (κ2) is 7.42. The molecule has 0 fully saturated rings. The molecule has 21 heavy (non-hydrogen) atoms. The molecule has 0 aliphatic rings. The fourth-order valence-corrected chi connectivity index (χ4v) is 2.77. The summed E-state index contributed by atoms with van der Waals surface area (Å²) in [6.07, 6.45) is 3.30. The maximum Gasteiger partial charge on any atom is 0.00761 e. The Morgan fingerprint density at radius 1 is 0.857 bits per heavy atom. The molecule has 1 N–H and O–H groups in total. The van der Waals surface area contributed by atoms with Gasteiger partial charge in [0.1, 0.15) is 0 Å². The zero-order chi connectivity index (χ0) is 15.2. The van der Waals surface area contributed by atoms with Crippen molar-refractivity contribution in [2.24, 2.45) is 0 Å². The predicted molar refractivity (Wildman–Crippen MR) is 92.9 cm³/mol. The van der Waals surface area contributed by atoms with Crippen LogP contribution in [0.1, 0.15) is 37.5 Å². The van der Waals surface area contributed by atoms with Crippen molar-refractivity contribution in [1.82, 2.24) is 5.32 Å². The van der Waals surface area contributed by atoms with Gasteiger partial charge in [0.2, 0.25) is 0 Å². The van der Waals surface area contributed by atoms with Gasteiger partial charge in [0.25, 0.3) is 0 Å². The summed E-state index contributed by atoms with van der Waals surface area (Å²) in [5.41, 5.74) is 6.98. The molecule has 0 spiro atoms. The first-order chi connectivity index (χ1) is 10.2. The number of hydrogen-bond acceptors (Lipinski definition) is 1. The zero-order valence-electron chi connectivity index (χ0n) is 13.7. The SMILES string of the molecule is CCc1ccc(-c2ccc(CC(C)NC)cc2)cc1CC. The minimum absolute atomic E-state index is 0.520. The monoisotopic (exact) mass is 281 g/mol. The second-order valence-corrected chi connectivity index (χ2v) is 5.78. The summed E-state index contributed by atoms with van der Waals surface area (Å²) in [7, 11) is 2.01. The largest absolute Gasteiger partial charge is 0.317 e. The third-order valence-corrected chi connectivity index (χ3v) is 4.29. The number of benzene rings is 2. The molecular formula is C20H27N. The number of likely N-dealkylation sites (N-methyl/N-ethyl adjacent to an activating group) is 1. The van der Waals surface area contributed by atoms with Gasteiger partial charge in [-0.3, -0.25) is 0 Å². The first-order valence-corrected chi connectivity index (χ1v) is 8.06. The molecule has 2 aromatic rings. The molecule has 1 nitrogen and oxygen atoms in total. The fraction of sp³-hybridized carbons (Fsp3) is 0.400. The van der Waals surface area contributed by atoms with E-state index < -0.39 is 0 Å². The fourth-order valence-electron chi connectivity index (χ4n) is 2.77. The highest BCUT2D eigenvalue weighted by molar-refractivity contribution is 5.65. The molecule has 1 heteroatoms. The molecule has 0 bridgehead atoms. The summed E-state index contributed by atoms with van der Waals surface area (Å²) in [6, 6.07) is 16.4. The topological polar surface area (TPSA) is 12.0 Å². The van der Waals surface area contributed by atoms with E-state index in [-0.39, 0.29) is 0 Å². The number of nitrogens with one attached hydrogen (secondary N) is 1. The molecule has 0 heterocycles. The zero-order valence-corrected chi connectivity index (χ0v) is 13.7. The van der Waals surface area contributed by atoms with E-state index in [0.29, 0.717) is 6.04 Å². The molecule has 0 aliphatic carbocycles. The molecule has 0 saturated heterocycles. The second-order valence-electron chi connectivity index (χ2n) is 5.78. The third kappa shape index (κ3) is 3.95. The van der Waals surface area contributed by atoms with Crippen LogP contribution in [-0.4, -0.2) is 13.1 Å². The van der Waals surface area contributed by atoms with Gasteiger partial charge in [0.15, 0.2) is 0 Å². The number of aryl methyl sites for hydroxylation is 2. The van der Waals surface area contributed by atoms with Crippen LogP contribution in [0.15, 0.2) is 42.5 Å². The smallest absolute Gasteiger partial charge is 0.00761 e. The van der Waals surface area contributed by atoms with Gasteiger partial charge in [0, 0.05) is 6.04 Å². The van der Waals surface area contributed by atoms with Gasteiger partial charge in [-0.1, -0.05) is 56.3 Å². The molecule has 0 saturated carbocycles. The highest BCUT2D eigenvalue weighted by Crippen LogP contribution is 2.24. The van der Waals surface area contributed by atoms with Crippen molar-refractivity contribution in [1.29, 1.82) is 0 Å². The van der Waals surface area contributed by atoms with Crippen LogP contribution < -0.4 is 5.32 Å². The Bertz CT molecular complexity index is 569. The Hall–Kier alpha value is -1.60. The standard InChI is InChI=1S/C20H27N/c1-5-17-11-12-20(14-18(17)6-2)19-9-7-16(8-10-19)13-15(3)21-4/h7-12,14-15,21H,5-6,13H2,1-4H3. The van der Waals surface area contributed by atoms with Crippen LogP contribution >= 0.6 is 0 Å². The summed E-state index contributed by atoms with van der Waals surface area (Å²) >= 11 is 0. The van der Waals surface area contributed by atoms with Gasteiger partial charge >= 0.3 is 0 Å². The highest BCUT2D eigenvalue weighted by atomic mass is 14.8. The van der Waals surface area contributed by atoms with Gasteiger partial charge in [-0.15, -0.1) is 0 Å². The lowest BCUT2D eigenvalue weighted by Gasteiger charge is -2.12. The van der Waals surface area contributed by atoms with Crippen molar-refractivity contribution in [3.05, 3.63) is 59.2 Å². The molecule has 0 aromatic heterocycles. The molecule has 112 valence electrons. The molecule has 2 rings (SSSR count).